The van der Waals surface area contributed by atoms with Crippen molar-refractivity contribution in [1.82, 2.24) is 15.4 Å². The summed E-state index contributed by atoms with van der Waals surface area (Å²) in [6.07, 6.45) is 1.60. The molecule has 90 valence electrons. The van der Waals surface area contributed by atoms with E-state index in [4.69, 9.17) is 17.4 Å². The van der Waals surface area contributed by atoms with Gasteiger partial charge >= 0.3 is 0 Å². The zero-order valence-corrected chi connectivity index (χ0v) is 9.95. The average Bonchev–Trinajstić information content (AvgIpc) is 2.75. The van der Waals surface area contributed by atoms with Crippen molar-refractivity contribution in [3.63, 3.8) is 0 Å². The van der Waals surface area contributed by atoms with E-state index in [1.54, 1.807) is 18.3 Å². The lowest BCUT2D eigenvalue weighted by Gasteiger charge is -1.98. The Kier molecular flexibility index (Phi) is 2.43. The minimum atomic E-state index is -0.423. The van der Waals surface area contributed by atoms with Crippen LogP contribution < -0.4 is 11.3 Å². The van der Waals surface area contributed by atoms with Gasteiger partial charge in [0.2, 0.25) is 0 Å². The number of fused-ring (bicyclic) bond motifs is 3. The third kappa shape index (κ3) is 1.61. The number of nitrogens with two attached hydrogens (primary N) is 1. The first-order valence-electron chi connectivity index (χ1n) is 5.27. The maximum Gasteiger partial charge on any atom is 0.283 e. The molecule has 1 aromatic carbocycles. The zero-order valence-electron chi connectivity index (χ0n) is 9.20. The topological polar surface area (TPSA) is 83.8 Å². The van der Waals surface area contributed by atoms with Crippen LogP contribution in [0.3, 0.4) is 0 Å². The van der Waals surface area contributed by atoms with Gasteiger partial charge in [-0.1, -0.05) is 11.6 Å². The standard InChI is InChI=1S/C12H9ClN4O/c13-6-1-2-9-7(3-6)8-4-10(12(18)17-14)15-5-11(8)16-9/h1-5,16H,14H2,(H,17,18). The van der Waals surface area contributed by atoms with Gasteiger partial charge in [0.05, 0.1) is 11.7 Å². The maximum atomic E-state index is 11.4. The quantitative estimate of drug-likeness (QED) is 0.355. The van der Waals surface area contributed by atoms with E-state index in [1.165, 1.54) is 0 Å². The molecule has 2 heterocycles. The Morgan fingerprint density at radius 3 is 2.83 bits per heavy atom. The Morgan fingerprint density at radius 2 is 2.06 bits per heavy atom. The number of pyridine rings is 1. The molecule has 3 rings (SSSR count). The van der Waals surface area contributed by atoms with Crippen molar-refractivity contribution in [2.75, 3.05) is 0 Å². The summed E-state index contributed by atoms with van der Waals surface area (Å²) in [4.78, 5) is 18.7. The number of hydrazine groups is 1. The number of rotatable bonds is 1. The molecule has 2 aromatic heterocycles. The van der Waals surface area contributed by atoms with Gasteiger partial charge in [-0.25, -0.2) is 10.8 Å². The van der Waals surface area contributed by atoms with Gasteiger partial charge in [-0.3, -0.25) is 10.2 Å². The first kappa shape index (κ1) is 11.0. The van der Waals surface area contributed by atoms with Crippen LogP contribution in [0.4, 0.5) is 0 Å². The molecule has 0 aliphatic rings. The molecule has 0 saturated carbocycles. The largest absolute Gasteiger partial charge is 0.353 e. The summed E-state index contributed by atoms with van der Waals surface area (Å²) in [5.74, 6) is 4.67. The molecule has 0 aliphatic carbocycles. The fourth-order valence-corrected chi connectivity index (χ4v) is 2.14. The Labute approximate surface area is 107 Å². The van der Waals surface area contributed by atoms with Crippen LogP contribution in [0, 0.1) is 0 Å². The van der Waals surface area contributed by atoms with Gasteiger partial charge in [0.15, 0.2) is 0 Å². The molecular formula is C12H9ClN4O. The predicted octanol–water partition coefficient (Wildman–Crippen LogP) is 1.97. The lowest BCUT2D eigenvalue weighted by Crippen LogP contribution is -2.30. The number of hydrogen-bond acceptors (Lipinski definition) is 3. The number of carbonyl (C=O) groups excluding carboxylic acids is 1. The summed E-state index contributed by atoms with van der Waals surface area (Å²) >= 11 is 5.98. The second-order valence-corrected chi connectivity index (χ2v) is 4.34. The number of benzene rings is 1. The van der Waals surface area contributed by atoms with E-state index in [1.807, 2.05) is 12.1 Å². The number of hydrogen-bond donors (Lipinski definition) is 3. The van der Waals surface area contributed by atoms with Crippen LogP contribution >= 0.6 is 11.6 Å². The van der Waals surface area contributed by atoms with E-state index in [2.05, 4.69) is 15.4 Å². The number of aromatic amines is 1. The molecule has 0 aliphatic heterocycles. The van der Waals surface area contributed by atoms with Gasteiger partial charge in [-0.05, 0) is 24.3 Å². The van der Waals surface area contributed by atoms with Crippen LogP contribution in [0.2, 0.25) is 5.02 Å². The number of nitrogens with one attached hydrogen (secondary N) is 2. The van der Waals surface area contributed by atoms with Crippen molar-refractivity contribution in [2.45, 2.75) is 0 Å². The molecule has 5 nitrogen and oxygen atoms in total. The minimum Gasteiger partial charge on any atom is -0.353 e. The maximum absolute atomic E-state index is 11.4. The van der Waals surface area contributed by atoms with Crippen LogP contribution in [0.15, 0.2) is 30.5 Å². The van der Waals surface area contributed by atoms with Gasteiger partial charge in [-0.15, -0.1) is 0 Å². The van der Waals surface area contributed by atoms with Crippen molar-refractivity contribution in [3.05, 3.63) is 41.2 Å². The van der Waals surface area contributed by atoms with Crippen LogP contribution in [-0.4, -0.2) is 15.9 Å². The van der Waals surface area contributed by atoms with E-state index < -0.39 is 5.91 Å². The zero-order chi connectivity index (χ0) is 12.7. The Balaban J connectivity index is 2.34. The molecule has 0 atom stereocenters. The highest BCUT2D eigenvalue weighted by Gasteiger charge is 2.10. The molecule has 1 amide bonds. The lowest BCUT2D eigenvalue weighted by atomic mass is 10.1. The van der Waals surface area contributed by atoms with Crippen molar-refractivity contribution >= 4 is 39.3 Å². The van der Waals surface area contributed by atoms with Gasteiger partial charge in [-0.2, -0.15) is 0 Å². The fourth-order valence-electron chi connectivity index (χ4n) is 1.97. The molecular weight excluding hydrogens is 252 g/mol. The molecule has 0 fully saturated rings. The van der Waals surface area contributed by atoms with E-state index in [0.717, 1.165) is 21.8 Å². The smallest absolute Gasteiger partial charge is 0.283 e. The molecule has 18 heavy (non-hydrogen) atoms. The fraction of sp³-hybridized carbons (Fsp3) is 0. The molecule has 4 N–H and O–H groups in total. The van der Waals surface area contributed by atoms with Gasteiger partial charge in [0.1, 0.15) is 5.69 Å². The number of amides is 1. The highest BCUT2D eigenvalue weighted by molar-refractivity contribution is 6.31. The monoisotopic (exact) mass is 260 g/mol. The summed E-state index contributed by atoms with van der Waals surface area (Å²) in [6.45, 7) is 0. The van der Waals surface area contributed by atoms with Crippen molar-refractivity contribution < 1.29 is 4.79 Å². The average molecular weight is 261 g/mol. The van der Waals surface area contributed by atoms with Crippen LogP contribution in [0.5, 0.6) is 0 Å². The highest BCUT2D eigenvalue weighted by atomic mass is 35.5. The molecule has 0 spiro atoms. The second kappa shape index (κ2) is 3.97. The molecule has 3 aromatic rings. The van der Waals surface area contributed by atoms with Crippen LogP contribution in [-0.2, 0) is 0 Å². The van der Waals surface area contributed by atoms with Gasteiger partial charge < -0.3 is 4.98 Å². The van der Waals surface area contributed by atoms with E-state index in [9.17, 15) is 4.79 Å². The van der Waals surface area contributed by atoms with Gasteiger partial charge in [0.25, 0.3) is 5.91 Å². The number of nitrogens with zero attached hydrogens (tertiary/aromatic N) is 1. The van der Waals surface area contributed by atoms with Crippen molar-refractivity contribution in [3.8, 4) is 0 Å². The Hall–Kier alpha value is -2.11. The summed E-state index contributed by atoms with van der Waals surface area (Å²) in [7, 11) is 0. The number of carbonyl (C=O) groups is 1. The van der Waals surface area contributed by atoms with E-state index >= 15 is 0 Å². The summed E-state index contributed by atoms with van der Waals surface area (Å²) in [5, 5.41) is 2.48. The lowest BCUT2D eigenvalue weighted by molar-refractivity contribution is 0.0949. The minimum absolute atomic E-state index is 0.269. The summed E-state index contributed by atoms with van der Waals surface area (Å²) in [6, 6.07) is 7.23. The first-order valence-corrected chi connectivity index (χ1v) is 5.65. The van der Waals surface area contributed by atoms with Gasteiger partial charge in [0, 0.05) is 21.3 Å². The Bertz CT molecular complexity index is 765. The van der Waals surface area contributed by atoms with Crippen molar-refractivity contribution in [2.24, 2.45) is 5.84 Å². The predicted molar refractivity (Wildman–Crippen MR) is 70.3 cm³/mol. The third-order valence-electron chi connectivity index (χ3n) is 2.81. The SMILES string of the molecule is NNC(=O)c1cc2c(cn1)[nH]c1ccc(Cl)cc12. The molecule has 0 unspecified atom stereocenters. The third-order valence-corrected chi connectivity index (χ3v) is 3.04. The van der Waals surface area contributed by atoms with Crippen LogP contribution in [0.1, 0.15) is 10.5 Å². The van der Waals surface area contributed by atoms with E-state index in [-0.39, 0.29) is 5.69 Å². The molecule has 0 radical (unpaired) electrons. The highest BCUT2D eigenvalue weighted by Crippen LogP contribution is 2.27. The molecule has 6 heteroatoms. The van der Waals surface area contributed by atoms with Crippen LogP contribution in [0.25, 0.3) is 21.8 Å². The number of halogens is 1. The van der Waals surface area contributed by atoms with Crippen molar-refractivity contribution in [1.29, 1.82) is 0 Å². The molecule has 0 bridgehead atoms. The molecule has 0 saturated heterocycles. The number of aromatic nitrogens is 2. The normalized spacial score (nSPS) is 11.0. The Morgan fingerprint density at radius 1 is 1.28 bits per heavy atom. The summed E-state index contributed by atoms with van der Waals surface area (Å²) < 4.78 is 0. The van der Waals surface area contributed by atoms with E-state index in [0.29, 0.717) is 5.02 Å². The number of nitrogen functional groups attached to an aromatic ring is 1. The second-order valence-electron chi connectivity index (χ2n) is 3.90. The number of H-pyrrole nitrogens is 1. The summed E-state index contributed by atoms with van der Waals surface area (Å²) in [5.41, 5.74) is 4.12. The first-order chi connectivity index (χ1) is 8.69.